The lowest BCUT2D eigenvalue weighted by Crippen LogP contribution is -2.25. The molecule has 1 aromatic carbocycles. The Bertz CT molecular complexity index is 561. The first-order valence-corrected chi connectivity index (χ1v) is 7.12. The van der Waals surface area contributed by atoms with E-state index in [1.165, 1.54) is 0 Å². The maximum Gasteiger partial charge on any atom is 0.416 e. The molecule has 0 aromatic heterocycles. The fourth-order valence-electron chi connectivity index (χ4n) is 1.95. The number of anilines is 1. The summed E-state index contributed by atoms with van der Waals surface area (Å²) >= 11 is 0. The summed E-state index contributed by atoms with van der Waals surface area (Å²) in [4.78, 5) is 10.0. The van der Waals surface area contributed by atoms with Crippen LogP contribution in [-0.4, -0.2) is 35.9 Å². The van der Waals surface area contributed by atoms with Gasteiger partial charge in [0.2, 0.25) is 0 Å². The fraction of sp³-hybridized carbons (Fsp3) is 0.571. The molecule has 128 valence electrons. The Morgan fingerprint density at radius 3 is 2.70 bits per heavy atom. The number of alkyl halides is 3. The first kappa shape index (κ1) is 17.5. The molecule has 0 heterocycles. The van der Waals surface area contributed by atoms with Crippen LogP contribution >= 0.6 is 0 Å². The van der Waals surface area contributed by atoms with Crippen molar-refractivity contribution in [2.45, 2.75) is 25.1 Å². The summed E-state index contributed by atoms with van der Waals surface area (Å²) in [5.41, 5.74) is -1.86. The van der Waals surface area contributed by atoms with Gasteiger partial charge in [0.15, 0.2) is 0 Å². The molecule has 0 unspecified atom stereocenters. The highest BCUT2D eigenvalue weighted by molar-refractivity contribution is 5.63. The van der Waals surface area contributed by atoms with Gasteiger partial charge in [-0.25, -0.2) is 0 Å². The minimum Gasteiger partial charge on any atom is -0.389 e. The molecule has 0 saturated heterocycles. The average molecular weight is 334 g/mol. The smallest absolute Gasteiger partial charge is 0.389 e. The highest BCUT2D eigenvalue weighted by Crippen LogP contribution is 2.35. The van der Waals surface area contributed by atoms with Crippen molar-refractivity contribution in [3.05, 3.63) is 33.9 Å². The van der Waals surface area contributed by atoms with Gasteiger partial charge in [-0.15, -0.1) is 0 Å². The molecular formula is C14H17F3N2O4. The maximum atomic E-state index is 12.6. The fourth-order valence-corrected chi connectivity index (χ4v) is 1.95. The Kier molecular flexibility index (Phi) is 5.42. The number of hydrogen-bond acceptors (Lipinski definition) is 5. The first-order chi connectivity index (χ1) is 10.8. The van der Waals surface area contributed by atoms with E-state index in [0.717, 1.165) is 25.0 Å². The monoisotopic (exact) mass is 334 g/mol. The van der Waals surface area contributed by atoms with Crippen molar-refractivity contribution in [2.75, 3.05) is 25.1 Å². The zero-order valence-corrected chi connectivity index (χ0v) is 12.2. The number of ether oxygens (including phenoxy) is 1. The molecule has 0 aliphatic heterocycles. The third-order valence-electron chi connectivity index (χ3n) is 3.41. The summed E-state index contributed by atoms with van der Waals surface area (Å²) in [7, 11) is 0. The molecule has 9 heteroatoms. The molecule has 1 saturated carbocycles. The van der Waals surface area contributed by atoms with E-state index in [0.29, 0.717) is 18.6 Å². The van der Waals surface area contributed by atoms with Gasteiger partial charge in [-0.2, -0.15) is 13.2 Å². The van der Waals surface area contributed by atoms with Gasteiger partial charge in [0.1, 0.15) is 5.69 Å². The van der Waals surface area contributed by atoms with Crippen molar-refractivity contribution >= 4 is 11.4 Å². The van der Waals surface area contributed by atoms with E-state index in [4.69, 9.17) is 4.74 Å². The third kappa shape index (κ3) is 5.36. The van der Waals surface area contributed by atoms with Gasteiger partial charge in [0, 0.05) is 19.2 Å². The lowest BCUT2D eigenvalue weighted by molar-refractivity contribution is -0.384. The normalized spacial score (nSPS) is 16.2. The zero-order chi connectivity index (χ0) is 17.0. The van der Waals surface area contributed by atoms with Gasteiger partial charge in [0.25, 0.3) is 5.69 Å². The first-order valence-electron chi connectivity index (χ1n) is 7.12. The predicted molar refractivity (Wildman–Crippen MR) is 76.1 cm³/mol. The van der Waals surface area contributed by atoms with Crippen LogP contribution in [0.3, 0.4) is 0 Å². The van der Waals surface area contributed by atoms with Crippen molar-refractivity contribution in [3.63, 3.8) is 0 Å². The third-order valence-corrected chi connectivity index (χ3v) is 3.41. The summed E-state index contributed by atoms with van der Waals surface area (Å²) < 4.78 is 43.0. The Balaban J connectivity index is 1.93. The Hall–Kier alpha value is -1.87. The van der Waals surface area contributed by atoms with E-state index < -0.39 is 28.5 Å². The number of nitrogens with one attached hydrogen (secondary N) is 1. The Labute approximate surface area is 130 Å². The Morgan fingerprint density at radius 1 is 1.43 bits per heavy atom. The standard InChI is InChI=1S/C14H17F3N2O4/c15-14(16,17)10-3-4-12(13(5-10)19(21)22)18-6-11(20)8-23-7-9-1-2-9/h3-5,9,11,18,20H,1-2,6-8H2/t11-/m0/s1. The molecule has 0 amide bonds. The number of nitro groups is 1. The van der Waals surface area contributed by atoms with Crippen LogP contribution in [0.4, 0.5) is 24.5 Å². The zero-order valence-electron chi connectivity index (χ0n) is 12.2. The van der Waals surface area contributed by atoms with Gasteiger partial charge in [-0.3, -0.25) is 10.1 Å². The highest BCUT2D eigenvalue weighted by Gasteiger charge is 2.33. The van der Waals surface area contributed by atoms with Crippen molar-refractivity contribution in [3.8, 4) is 0 Å². The van der Waals surface area contributed by atoms with Crippen LogP contribution in [0.2, 0.25) is 0 Å². The van der Waals surface area contributed by atoms with Crippen LogP contribution in [-0.2, 0) is 10.9 Å². The predicted octanol–water partition coefficient (Wildman–Crippen LogP) is 2.81. The van der Waals surface area contributed by atoms with E-state index >= 15 is 0 Å². The van der Waals surface area contributed by atoms with Crippen molar-refractivity contribution in [1.82, 2.24) is 0 Å². The molecule has 0 bridgehead atoms. The van der Waals surface area contributed by atoms with Crippen LogP contribution in [0.5, 0.6) is 0 Å². The van der Waals surface area contributed by atoms with E-state index in [-0.39, 0.29) is 18.8 Å². The summed E-state index contributed by atoms with van der Waals surface area (Å²) in [6.45, 7) is 0.576. The van der Waals surface area contributed by atoms with Gasteiger partial charge >= 0.3 is 6.18 Å². The lowest BCUT2D eigenvalue weighted by atomic mass is 10.1. The molecule has 2 rings (SSSR count). The van der Waals surface area contributed by atoms with Gasteiger partial charge < -0.3 is 15.2 Å². The van der Waals surface area contributed by atoms with E-state index in [2.05, 4.69) is 5.32 Å². The van der Waals surface area contributed by atoms with Gasteiger partial charge in [-0.1, -0.05) is 0 Å². The van der Waals surface area contributed by atoms with Crippen LogP contribution in [0.25, 0.3) is 0 Å². The Morgan fingerprint density at radius 2 is 2.13 bits per heavy atom. The molecule has 1 atom stereocenters. The van der Waals surface area contributed by atoms with Crippen molar-refractivity contribution < 1.29 is 27.9 Å². The highest BCUT2D eigenvalue weighted by atomic mass is 19.4. The van der Waals surface area contributed by atoms with Crippen LogP contribution in [0, 0.1) is 16.0 Å². The number of nitro benzene ring substituents is 1. The number of nitrogens with zero attached hydrogens (tertiary/aromatic N) is 1. The van der Waals surface area contributed by atoms with Gasteiger partial charge in [-0.05, 0) is 30.9 Å². The number of rotatable bonds is 8. The molecular weight excluding hydrogens is 317 g/mol. The van der Waals surface area contributed by atoms with E-state index in [1.807, 2.05) is 0 Å². The molecule has 1 aliphatic rings. The molecule has 0 radical (unpaired) electrons. The molecule has 1 fully saturated rings. The molecule has 1 aliphatic carbocycles. The topological polar surface area (TPSA) is 84.6 Å². The minimum atomic E-state index is -4.65. The molecule has 1 aromatic rings. The second-order valence-corrected chi connectivity index (χ2v) is 5.50. The van der Waals surface area contributed by atoms with Gasteiger partial charge in [0.05, 0.1) is 23.2 Å². The minimum absolute atomic E-state index is 0.0587. The molecule has 23 heavy (non-hydrogen) atoms. The largest absolute Gasteiger partial charge is 0.416 e. The van der Waals surface area contributed by atoms with Crippen molar-refractivity contribution in [1.29, 1.82) is 0 Å². The number of halogens is 3. The number of aliphatic hydroxyl groups is 1. The van der Waals surface area contributed by atoms with Crippen LogP contribution < -0.4 is 5.32 Å². The second-order valence-electron chi connectivity index (χ2n) is 5.50. The number of benzene rings is 1. The van der Waals surface area contributed by atoms with E-state index in [1.54, 1.807) is 0 Å². The maximum absolute atomic E-state index is 12.6. The van der Waals surface area contributed by atoms with Crippen LogP contribution in [0.1, 0.15) is 18.4 Å². The summed E-state index contributed by atoms with van der Waals surface area (Å²) in [6.07, 6.45) is -3.33. The van der Waals surface area contributed by atoms with Crippen molar-refractivity contribution in [2.24, 2.45) is 5.92 Å². The lowest BCUT2D eigenvalue weighted by Gasteiger charge is -2.14. The molecule has 2 N–H and O–H groups in total. The number of aliphatic hydroxyl groups excluding tert-OH is 1. The van der Waals surface area contributed by atoms with Crippen LogP contribution in [0.15, 0.2) is 18.2 Å². The average Bonchev–Trinajstić information content (AvgIpc) is 3.28. The quantitative estimate of drug-likeness (QED) is 0.564. The summed E-state index contributed by atoms with van der Waals surface area (Å²) in [5, 5.41) is 23.2. The SMILES string of the molecule is O=[N+]([O-])c1cc(C(F)(F)F)ccc1NC[C@H](O)COCC1CC1. The second kappa shape index (κ2) is 7.14. The molecule has 0 spiro atoms. The molecule has 6 nitrogen and oxygen atoms in total. The van der Waals surface area contributed by atoms with E-state index in [9.17, 15) is 28.4 Å². The number of hydrogen-bond donors (Lipinski definition) is 2. The summed E-state index contributed by atoms with van der Waals surface area (Å²) in [5.74, 6) is 0.547. The summed E-state index contributed by atoms with van der Waals surface area (Å²) in [6, 6.07) is 2.21.